The van der Waals surface area contributed by atoms with Crippen molar-refractivity contribution >= 4 is 6.09 Å². The van der Waals surface area contributed by atoms with Crippen LogP contribution in [0.4, 0.5) is 4.79 Å². The standard InChI is InChI=1S/C16H30N2O4/c1-15(2,3)22-14(19)17-8-13(11-6-7-11)18-12-9-20-16(4,5)21-10-12/h11-13,18H,6-10H2,1-5H3,(H,17,19). The minimum atomic E-state index is -0.498. The van der Waals surface area contributed by atoms with E-state index in [2.05, 4.69) is 10.6 Å². The van der Waals surface area contributed by atoms with Gasteiger partial charge in [0.1, 0.15) is 5.60 Å². The van der Waals surface area contributed by atoms with Crippen LogP contribution in [0.1, 0.15) is 47.5 Å². The summed E-state index contributed by atoms with van der Waals surface area (Å²) in [4.78, 5) is 11.8. The second-order valence-electron chi connectivity index (χ2n) is 7.71. The molecule has 1 unspecified atom stereocenters. The van der Waals surface area contributed by atoms with Crippen LogP contribution in [0, 0.1) is 5.92 Å². The smallest absolute Gasteiger partial charge is 0.407 e. The van der Waals surface area contributed by atoms with E-state index >= 15 is 0 Å². The van der Waals surface area contributed by atoms with E-state index in [0.717, 1.165) is 0 Å². The zero-order valence-corrected chi connectivity index (χ0v) is 14.4. The molecule has 22 heavy (non-hydrogen) atoms. The molecule has 1 heterocycles. The highest BCUT2D eigenvalue weighted by Crippen LogP contribution is 2.33. The molecule has 0 radical (unpaired) electrons. The Morgan fingerprint density at radius 2 is 1.86 bits per heavy atom. The first-order chi connectivity index (χ1) is 10.1. The number of carbonyl (C=O) groups excluding carboxylic acids is 1. The lowest BCUT2D eigenvalue weighted by molar-refractivity contribution is -0.253. The van der Waals surface area contributed by atoms with Crippen LogP contribution >= 0.6 is 0 Å². The summed E-state index contributed by atoms with van der Waals surface area (Å²) >= 11 is 0. The van der Waals surface area contributed by atoms with Crippen molar-refractivity contribution in [1.29, 1.82) is 0 Å². The Bertz CT molecular complexity index is 378. The predicted octanol–water partition coefficient (Wildman–Crippen LogP) is 2.03. The molecule has 0 aromatic carbocycles. The van der Waals surface area contributed by atoms with Crippen LogP contribution in [0.15, 0.2) is 0 Å². The summed E-state index contributed by atoms with van der Waals surface area (Å²) in [5, 5.41) is 6.41. The van der Waals surface area contributed by atoms with Gasteiger partial charge in [-0.1, -0.05) is 0 Å². The van der Waals surface area contributed by atoms with E-state index in [4.69, 9.17) is 14.2 Å². The second kappa shape index (κ2) is 6.72. The number of hydrogen-bond acceptors (Lipinski definition) is 5. The van der Waals surface area contributed by atoms with Crippen LogP contribution in [0.3, 0.4) is 0 Å². The molecule has 6 nitrogen and oxygen atoms in total. The van der Waals surface area contributed by atoms with Crippen LogP contribution in [0.5, 0.6) is 0 Å². The first-order valence-electron chi connectivity index (χ1n) is 8.15. The normalized spacial score (nSPS) is 23.9. The van der Waals surface area contributed by atoms with Gasteiger partial charge in [-0.25, -0.2) is 4.79 Å². The molecule has 0 bridgehead atoms. The summed E-state index contributed by atoms with van der Waals surface area (Å²) in [6.45, 7) is 11.3. The summed E-state index contributed by atoms with van der Waals surface area (Å²) in [5.41, 5.74) is -0.469. The van der Waals surface area contributed by atoms with Crippen LogP contribution < -0.4 is 10.6 Å². The van der Waals surface area contributed by atoms with Crippen molar-refractivity contribution in [3.8, 4) is 0 Å². The third-order valence-corrected chi connectivity index (χ3v) is 3.77. The molecule has 2 rings (SSSR count). The first-order valence-corrected chi connectivity index (χ1v) is 8.15. The number of rotatable bonds is 5. The lowest BCUT2D eigenvalue weighted by Crippen LogP contribution is -2.54. The van der Waals surface area contributed by atoms with Gasteiger partial charge in [-0.3, -0.25) is 0 Å². The van der Waals surface area contributed by atoms with Gasteiger partial charge in [-0.05, 0) is 53.4 Å². The quantitative estimate of drug-likeness (QED) is 0.812. The number of alkyl carbamates (subject to hydrolysis) is 1. The minimum absolute atomic E-state index is 0.166. The number of carbonyl (C=O) groups is 1. The summed E-state index contributed by atoms with van der Waals surface area (Å²) < 4.78 is 16.6. The van der Waals surface area contributed by atoms with E-state index in [1.54, 1.807) is 0 Å². The molecule has 0 aromatic heterocycles. The van der Waals surface area contributed by atoms with Gasteiger partial charge in [-0.2, -0.15) is 0 Å². The Morgan fingerprint density at radius 3 is 2.36 bits per heavy atom. The zero-order chi connectivity index (χ0) is 16.4. The van der Waals surface area contributed by atoms with Crippen LogP contribution in [-0.4, -0.2) is 49.3 Å². The number of nitrogens with one attached hydrogen (secondary N) is 2. The fourth-order valence-corrected chi connectivity index (χ4v) is 2.46. The van der Waals surface area contributed by atoms with Gasteiger partial charge in [0, 0.05) is 12.6 Å². The predicted molar refractivity (Wildman–Crippen MR) is 83.7 cm³/mol. The molecular weight excluding hydrogens is 284 g/mol. The third-order valence-electron chi connectivity index (χ3n) is 3.77. The molecule has 0 spiro atoms. The van der Waals surface area contributed by atoms with E-state index in [1.165, 1.54) is 12.8 Å². The Balaban J connectivity index is 1.75. The van der Waals surface area contributed by atoms with Gasteiger partial charge in [0.25, 0.3) is 0 Å². The molecule has 1 atom stereocenters. The van der Waals surface area contributed by atoms with E-state index in [-0.39, 0.29) is 18.2 Å². The molecule has 2 N–H and O–H groups in total. The highest BCUT2D eigenvalue weighted by Gasteiger charge is 2.35. The van der Waals surface area contributed by atoms with E-state index in [9.17, 15) is 4.79 Å². The zero-order valence-electron chi connectivity index (χ0n) is 14.4. The summed E-state index contributed by atoms with van der Waals surface area (Å²) in [6, 6.07) is 0.407. The van der Waals surface area contributed by atoms with Crippen molar-refractivity contribution in [2.45, 2.75) is 70.9 Å². The fraction of sp³-hybridized carbons (Fsp3) is 0.938. The highest BCUT2D eigenvalue weighted by atomic mass is 16.7. The minimum Gasteiger partial charge on any atom is -0.444 e. The average molecular weight is 314 g/mol. The average Bonchev–Trinajstić information content (AvgIpc) is 3.18. The first kappa shape index (κ1) is 17.5. The van der Waals surface area contributed by atoms with Gasteiger partial charge in [0.2, 0.25) is 0 Å². The molecule has 1 saturated heterocycles. The van der Waals surface area contributed by atoms with Crippen molar-refractivity contribution in [3.63, 3.8) is 0 Å². The van der Waals surface area contributed by atoms with Gasteiger partial charge in [-0.15, -0.1) is 0 Å². The van der Waals surface area contributed by atoms with E-state index in [1.807, 2.05) is 34.6 Å². The molecule has 2 fully saturated rings. The maximum absolute atomic E-state index is 11.8. The Morgan fingerprint density at radius 1 is 1.27 bits per heavy atom. The molecule has 2 aliphatic rings. The SMILES string of the molecule is CC(C)(C)OC(=O)NCC(NC1COC(C)(C)OC1)C1CC1. The number of hydrogen-bond donors (Lipinski definition) is 2. The summed E-state index contributed by atoms with van der Waals surface area (Å²) in [7, 11) is 0. The highest BCUT2D eigenvalue weighted by molar-refractivity contribution is 5.67. The van der Waals surface area contributed by atoms with Gasteiger partial charge >= 0.3 is 6.09 Å². The molecule has 1 saturated carbocycles. The van der Waals surface area contributed by atoms with Crippen LogP contribution in [-0.2, 0) is 14.2 Å². The number of amides is 1. The molecule has 6 heteroatoms. The topological polar surface area (TPSA) is 68.8 Å². The molecule has 1 amide bonds. The molecule has 0 aromatic rings. The van der Waals surface area contributed by atoms with Crippen LogP contribution in [0.2, 0.25) is 0 Å². The second-order valence-corrected chi connectivity index (χ2v) is 7.71. The Labute approximate surface area is 133 Å². The van der Waals surface area contributed by atoms with Crippen molar-refractivity contribution < 1.29 is 19.0 Å². The molecule has 128 valence electrons. The lowest BCUT2D eigenvalue weighted by atomic mass is 10.1. The maximum atomic E-state index is 11.8. The van der Waals surface area contributed by atoms with Crippen molar-refractivity contribution in [1.82, 2.24) is 10.6 Å². The van der Waals surface area contributed by atoms with Crippen molar-refractivity contribution in [3.05, 3.63) is 0 Å². The monoisotopic (exact) mass is 314 g/mol. The summed E-state index contributed by atoms with van der Waals surface area (Å²) in [5.74, 6) is 0.118. The van der Waals surface area contributed by atoms with Crippen molar-refractivity contribution in [2.24, 2.45) is 5.92 Å². The van der Waals surface area contributed by atoms with Gasteiger partial charge in [0.15, 0.2) is 5.79 Å². The molecule has 1 aliphatic heterocycles. The lowest BCUT2D eigenvalue weighted by Gasteiger charge is -2.37. The molecule has 1 aliphatic carbocycles. The van der Waals surface area contributed by atoms with Gasteiger partial charge in [0.05, 0.1) is 19.3 Å². The van der Waals surface area contributed by atoms with Gasteiger partial charge < -0.3 is 24.8 Å². The third kappa shape index (κ3) is 6.10. The number of ether oxygens (including phenoxy) is 3. The largest absolute Gasteiger partial charge is 0.444 e. The maximum Gasteiger partial charge on any atom is 0.407 e. The van der Waals surface area contributed by atoms with Crippen LogP contribution in [0.25, 0.3) is 0 Å². The van der Waals surface area contributed by atoms with E-state index < -0.39 is 11.4 Å². The fourth-order valence-electron chi connectivity index (χ4n) is 2.46. The Kier molecular flexibility index (Phi) is 5.35. The van der Waals surface area contributed by atoms with Crippen molar-refractivity contribution in [2.75, 3.05) is 19.8 Å². The Hall–Kier alpha value is -0.850. The molecular formula is C16H30N2O4. The summed E-state index contributed by atoms with van der Waals surface area (Å²) in [6.07, 6.45) is 2.04. The van der Waals surface area contributed by atoms with E-state index in [0.29, 0.717) is 25.7 Å².